The van der Waals surface area contributed by atoms with Gasteiger partial charge in [-0.25, -0.2) is 0 Å². The lowest BCUT2D eigenvalue weighted by molar-refractivity contribution is 0.161. The van der Waals surface area contributed by atoms with Crippen molar-refractivity contribution in [1.82, 2.24) is 0 Å². The zero-order chi connectivity index (χ0) is 11.3. The molecule has 82 valence electrons. The number of methoxy groups -OCH3 is 1. The first-order chi connectivity index (χ1) is 7.17. The summed E-state index contributed by atoms with van der Waals surface area (Å²) in [5.41, 5.74) is 6.66. The Morgan fingerprint density at radius 2 is 2.07 bits per heavy atom. The minimum atomic E-state index is -0.587. The van der Waals surface area contributed by atoms with Crippen LogP contribution in [0.2, 0.25) is 0 Å². The van der Waals surface area contributed by atoms with E-state index in [4.69, 9.17) is 10.5 Å². The summed E-state index contributed by atoms with van der Waals surface area (Å²) < 4.78 is 5.04. The van der Waals surface area contributed by atoms with Gasteiger partial charge in [-0.1, -0.05) is 18.2 Å². The average Bonchev–Trinajstić information content (AvgIpc) is 2.29. The van der Waals surface area contributed by atoms with Crippen molar-refractivity contribution in [1.29, 1.82) is 0 Å². The molecule has 3 nitrogen and oxygen atoms in total. The molecular weight excluding hydrogens is 190 g/mol. The molecule has 0 aromatic heterocycles. The predicted molar refractivity (Wildman–Crippen MR) is 60.9 cm³/mol. The molecule has 2 atom stereocenters. The van der Waals surface area contributed by atoms with E-state index < -0.39 is 6.10 Å². The number of benzene rings is 1. The number of aliphatic hydroxyl groups is 1. The van der Waals surface area contributed by atoms with Gasteiger partial charge in [0.05, 0.1) is 13.2 Å². The molecule has 0 aliphatic heterocycles. The normalized spacial score (nSPS) is 14.3. The molecule has 3 heteroatoms. The van der Waals surface area contributed by atoms with Gasteiger partial charge < -0.3 is 15.6 Å². The van der Waals surface area contributed by atoms with Gasteiger partial charge in [-0.3, -0.25) is 0 Å². The maximum atomic E-state index is 9.67. The lowest BCUT2D eigenvalue weighted by atomic mass is 10.0. The third kappa shape index (κ3) is 3.38. The van der Waals surface area contributed by atoms with E-state index in [0.717, 1.165) is 11.3 Å². The number of aliphatic hydroxyl groups excluding tert-OH is 1. The third-order valence-corrected chi connectivity index (χ3v) is 2.32. The minimum absolute atomic E-state index is 0.382. The summed E-state index contributed by atoms with van der Waals surface area (Å²) in [6.07, 6.45) is 1.49. The van der Waals surface area contributed by atoms with Crippen molar-refractivity contribution in [3.8, 4) is 5.75 Å². The summed E-state index contributed by atoms with van der Waals surface area (Å²) in [5.74, 6) is 0.807. The Kier molecular flexibility index (Phi) is 4.34. The van der Waals surface area contributed by atoms with Crippen LogP contribution in [0.15, 0.2) is 36.9 Å². The van der Waals surface area contributed by atoms with Crippen LogP contribution < -0.4 is 10.5 Å². The molecule has 1 aromatic carbocycles. The highest BCUT2D eigenvalue weighted by atomic mass is 16.5. The largest absolute Gasteiger partial charge is 0.497 e. The first-order valence-electron chi connectivity index (χ1n) is 4.86. The Morgan fingerprint density at radius 3 is 2.53 bits per heavy atom. The Bertz CT molecular complexity index is 308. The Labute approximate surface area is 90.2 Å². The molecule has 1 rings (SSSR count). The fraction of sp³-hybridized carbons (Fsp3) is 0.333. The number of hydrogen-bond acceptors (Lipinski definition) is 3. The van der Waals surface area contributed by atoms with Crippen LogP contribution in [0, 0.1) is 0 Å². The van der Waals surface area contributed by atoms with E-state index in [2.05, 4.69) is 6.58 Å². The number of rotatable bonds is 5. The minimum Gasteiger partial charge on any atom is -0.497 e. The van der Waals surface area contributed by atoms with E-state index in [1.54, 1.807) is 13.2 Å². The zero-order valence-corrected chi connectivity index (χ0v) is 8.89. The molecule has 0 amide bonds. The number of hydrogen-bond donors (Lipinski definition) is 2. The van der Waals surface area contributed by atoms with Gasteiger partial charge in [-0.15, -0.1) is 6.58 Å². The van der Waals surface area contributed by atoms with E-state index in [9.17, 15) is 5.11 Å². The quantitative estimate of drug-likeness (QED) is 0.711. The van der Waals surface area contributed by atoms with Crippen molar-refractivity contribution < 1.29 is 9.84 Å². The van der Waals surface area contributed by atoms with Crippen LogP contribution >= 0.6 is 0 Å². The maximum absolute atomic E-state index is 9.67. The second-order valence-corrected chi connectivity index (χ2v) is 3.43. The van der Waals surface area contributed by atoms with Gasteiger partial charge in [0.2, 0.25) is 0 Å². The summed E-state index contributed by atoms with van der Waals surface area (Å²) in [7, 11) is 1.62. The van der Waals surface area contributed by atoms with Crippen LogP contribution in [0.5, 0.6) is 5.75 Å². The molecule has 15 heavy (non-hydrogen) atoms. The predicted octanol–water partition coefficient (Wildman–Crippen LogP) is 1.11. The first-order valence-corrected chi connectivity index (χ1v) is 4.86. The molecule has 3 N–H and O–H groups in total. The van der Waals surface area contributed by atoms with Gasteiger partial charge >= 0.3 is 0 Å². The third-order valence-electron chi connectivity index (χ3n) is 2.32. The summed E-state index contributed by atoms with van der Waals surface area (Å²) >= 11 is 0. The van der Waals surface area contributed by atoms with Crippen LogP contribution in [-0.4, -0.2) is 24.4 Å². The standard InChI is InChI=1S/C12H17NO2/c1-3-11(13)12(14)8-9-4-6-10(15-2)7-5-9/h3-7,11-12,14H,1,8,13H2,2H3/t11-,12-/m0/s1. The molecule has 0 unspecified atom stereocenters. The van der Waals surface area contributed by atoms with E-state index >= 15 is 0 Å². The van der Waals surface area contributed by atoms with Crippen molar-refractivity contribution in [2.24, 2.45) is 5.73 Å². The van der Waals surface area contributed by atoms with Gasteiger partial charge in [-0.05, 0) is 17.7 Å². The number of ether oxygens (including phenoxy) is 1. The monoisotopic (exact) mass is 207 g/mol. The molecule has 0 aliphatic rings. The van der Waals surface area contributed by atoms with Gasteiger partial charge in [-0.2, -0.15) is 0 Å². The first kappa shape index (κ1) is 11.8. The highest BCUT2D eigenvalue weighted by molar-refractivity contribution is 5.27. The Hall–Kier alpha value is -1.32. The Morgan fingerprint density at radius 1 is 1.47 bits per heavy atom. The Balaban J connectivity index is 2.60. The maximum Gasteiger partial charge on any atom is 0.118 e. The lowest BCUT2D eigenvalue weighted by Gasteiger charge is -2.15. The molecule has 1 aromatic rings. The van der Waals surface area contributed by atoms with Gasteiger partial charge in [0.15, 0.2) is 0 Å². The molecule has 0 saturated heterocycles. The zero-order valence-electron chi connectivity index (χ0n) is 8.89. The molecule has 0 spiro atoms. The van der Waals surface area contributed by atoms with Crippen molar-refractivity contribution >= 4 is 0 Å². The lowest BCUT2D eigenvalue weighted by Crippen LogP contribution is -2.34. The van der Waals surface area contributed by atoms with E-state index in [0.29, 0.717) is 6.42 Å². The van der Waals surface area contributed by atoms with Crippen LogP contribution in [0.25, 0.3) is 0 Å². The number of nitrogens with two attached hydrogens (primary N) is 1. The van der Waals surface area contributed by atoms with Crippen molar-refractivity contribution in [2.45, 2.75) is 18.6 Å². The fourth-order valence-corrected chi connectivity index (χ4v) is 1.30. The highest BCUT2D eigenvalue weighted by Crippen LogP contribution is 2.13. The molecule has 0 aliphatic carbocycles. The summed E-state index contributed by atoms with van der Waals surface area (Å²) in [4.78, 5) is 0. The second-order valence-electron chi connectivity index (χ2n) is 3.43. The van der Waals surface area contributed by atoms with Crippen LogP contribution in [-0.2, 0) is 6.42 Å². The smallest absolute Gasteiger partial charge is 0.118 e. The summed E-state index contributed by atoms with van der Waals surface area (Å²) in [6, 6.07) is 7.17. The van der Waals surface area contributed by atoms with Gasteiger partial charge in [0.25, 0.3) is 0 Å². The van der Waals surface area contributed by atoms with Crippen LogP contribution in [0.4, 0.5) is 0 Å². The van der Waals surface area contributed by atoms with Crippen LogP contribution in [0.1, 0.15) is 5.56 Å². The molecule has 0 saturated carbocycles. The highest BCUT2D eigenvalue weighted by Gasteiger charge is 2.11. The molecule has 0 bridgehead atoms. The SMILES string of the molecule is C=C[C@H](N)[C@@H](O)Cc1ccc(OC)cc1. The van der Waals surface area contributed by atoms with Crippen molar-refractivity contribution in [3.63, 3.8) is 0 Å². The van der Waals surface area contributed by atoms with Crippen molar-refractivity contribution in [2.75, 3.05) is 7.11 Å². The average molecular weight is 207 g/mol. The van der Waals surface area contributed by atoms with Crippen LogP contribution in [0.3, 0.4) is 0 Å². The van der Waals surface area contributed by atoms with Crippen molar-refractivity contribution in [3.05, 3.63) is 42.5 Å². The summed E-state index contributed by atoms with van der Waals surface area (Å²) in [5, 5.41) is 9.67. The van der Waals surface area contributed by atoms with E-state index in [1.807, 2.05) is 24.3 Å². The molecule has 0 fully saturated rings. The molecular formula is C12H17NO2. The topological polar surface area (TPSA) is 55.5 Å². The van der Waals surface area contributed by atoms with E-state index in [1.165, 1.54) is 0 Å². The fourth-order valence-electron chi connectivity index (χ4n) is 1.30. The van der Waals surface area contributed by atoms with Gasteiger partial charge in [0.1, 0.15) is 5.75 Å². The summed E-state index contributed by atoms with van der Waals surface area (Å²) in [6.45, 7) is 3.55. The molecule has 0 heterocycles. The van der Waals surface area contributed by atoms with Gasteiger partial charge in [0, 0.05) is 12.5 Å². The van der Waals surface area contributed by atoms with E-state index in [-0.39, 0.29) is 6.04 Å². The second kappa shape index (κ2) is 5.53. The molecule has 0 radical (unpaired) electrons.